The van der Waals surface area contributed by atoms with Gasteiger partial charge in [-0.15, -0.1) is 11.3 Å². The maximum atomic E-state index is 13.1. The second-order valence-corrected chi connectivity index (χ2v) is 13.4. The number of amides is 2. The van der Waals surface area contributed by atoms with Crippen molar-refractivity contribution in [1.29, 1.82) is 0 Å². The largest absolute Gasteiger partial charge is 0.491 e. The Morgan fingerprint density at radius 3 is 2.80 bits per heavy atom. The Kier molecular flexibility index (Phi) is 6.97. The van der Waals surface area contributed by atoms with Crippen molar-refractivity contribution in [2.24, 2.45) is 5.41 Å². The highest BCUT2D eigenvalue weighted by molar-refractivity contribution is 7.21. The first-order chi connectivity index (χ1) is 19.5. The highest BCUT2D eigenvalue weighted by Gasteiger charge is 2.50. The predicted molar refractivity (Wildman–Crippen MR) is 159 cm³/mol. The van der Waals surface area contributed by atoms with Crippen LogP contribution in [0.15, 0.2) is 30.3 Å². The molecule has 2 fully saturated rings. The molecule has 1 spiro atoms. The number of alkyl carbamates (subject to hydrolysis) is 1. The number of aromatic nitrogens is 1. The summed E-state index contributed by atoms with van der Waals surface area (Å²) < 4.78 is 17.5. The molecular weight excluding hydrogens is 542 g/mol. The first-order valence-corrected chi connectivity index (χ1v) is 14.9. The van der Waals surface area contributed by atoms with Gasteiger partial charge in [0.2, 0.25) is 0 Å². The van der Waals surface area contributed by atoms with Crippen LogP contribution in [0.3, 0.4) is 0 Å². The number of benzene rings is 1. The first-order valence-electron chi connectivity index (χ1n) is 14.0. The van der Waals surface area contributed by atoms with Crippen LogP contribution in [0.4, 0.5) is 16.2 Å². The molecule has 0 bridgehead atoms. The Morgan fingerprint density at radius 2 is 2.05 bits per heavy atom. The zero-order chi connectivity index (χ0) is 28.9. The molecule has 2 aromatic heterocycles. The number of nitrogens with zero attached hydrogens (tertiary/aromatic N) is 2. The van der Waals surface area contributed by atoms with E-state index in [1.54, 1.807) is 0 Å². The van der Waals surface area contributed by atoms with Crippen LogP contribution >= 0.6 is 11.3 Å². The van der Waals surface area contributed by atoms with Crippen molar-refractivity contribution in [1.82, 2.24) is 15.6 Å². The highest BCUT2D eigenvalue weighted by atomic mass is 32.1. The van der Waals surface area contributed by atoms with Gasteiger partial charge in [-0.25, -0.2) is 9.78 Å². The molecule has 2 amide bonds. The van der Waals surface area contributed by atoms with Gasteiger partial charge in [-0.3, -0.25) is 4.79 Å². The first kappa shape index (κ1) is 27.6. The number of pyridine rings is 1. The topological polar surface area (TPSA) is 128 Å². The minimum absolute atomic E-state index is 0.0863. The maximum absolute atomic E-state index is 13.1. The second kappa shape index (κ2) is 10.4. The summed E-state index contributed by atoms with van der Waals surface area (Å²) in [5, 5.41) is 7.02. The van der Waals surface area contributed by atoms with E-state index < -0.39 is 11.7 Å². The van der Waals surface area contributed by atoms with E-state index in [1.165, 1.54) is 11.3 Å². The minimum atomic E-state index is -0.560. The minimum Gasteiger partial charge on any atom is -0.491 e. The molecule has 3 aliphatic heterocycles. The lowest BCUT2D eigenvalue weighted by molar-refractivity contribution is 0.0461. The van der Waals surface area contributed by atoms with Gasteiger partial charge in [-0.1, -0.05) is 6.07 Å². The van der Waals surface area contributed by atoms with Gasteiger partial charge in [0.15, 0.2) is 0 Å². The summed E-state index contributed by atoms with van der Waals surface area (Å²) in [5.41, 5.74) is 8.99. The number of anilines is 2. The molecule has 2 saturated heterocycles. The summed E-state index contributed by atoms with van der Waals surface area (Å²) in [4.78, 5) is 33.8. The number of carbonyl (C=O) groups excluding carboxylic acids is 2. The molecule has 0 saturated carbocycles. The number of hydrogen-bond donors (Lipinski definition) is 3. The Bertz CT molecular complexity index is 1490. The van der Waals surface area contributed by atoms with Crippen LogP contribution < -0.4 is 26.0 Å². The molecule has 3 aromatic rings. The third kappa shape index (κ3) is 5.52. The standard InChI is InChI=1S/C30H37N5O5S/c1-17-5-8-21-24(31)25(41-27(21)32-17)26(36)33-19-11-18-6-7-20(12-22(18)39-14-19)35-13-23(30(15-35)9-10-38-16-30)34-28(37)40-29(2,3)4/h5-8,12,19,23H,9-11,13-16,31H2,1-4H3,(H,33,36)(H,34,37)/t19-,23-,30-/m1/s1. The monoisotopic (exact) mass is 579 g/mol. The van der Waals surface area contributed by atoms with Crippen LogP contribution in [0, 0.1) is 12.3 Å². The summed E-state index contributed by atoms with van der Waals surface area (Å²) >= 11 is 1.31. The lowest BCUT2D eigenvalue weighted by Gasteiger charge is -2.30. The fourth-order valence-corrected chi connectivity index (χ4v) is 7.04. The fraction of sp³-hybridized carbons (Fsp3) is 0.500. The number of nitrogen functional groups attached to an aromatic ring is 1. The molecule has 3 aliphatic rings. The van der Waals surface area contributed by atoms with Crippen LogP contribution in [0.2, 0.25) is 0 Å². The van der Waals surface area contributed by atoms with Crippen molar-refractivity contribution in [3.63, 3.8) is 0 Å². The molecule has 218 valence electrons. The van der Waals surface area contributed by atoms with Crippen LogP contribution in [0.25, 0.3) is 10.2 Å². The second-order valence-electron chi connectivity index (χ2n) is 12.4. The number of nitrogens with one attached hydrogen (secondary N) is 2. The molecule has 5 heterocycles. The third-order valence-corrected chi connectivity index (χ3v) is 9.18. The van der Waals surface area contributed by atoms with Crippen molar-refractivity contribution in [3.05, 3.63) is 46.5 Å². The molecule has 0 aliphatic carbocycles. The van der Waals surface area contributed by atoms with Crippen molar-refractivity contribution < 1.29 is 23.8 Å². The van der Waals surface area contributed by atoms with E-state index in [0.717, 1.165) is 45.9 Å². The number of aryl methyl sites for hydroxylation is 1. The van der Waals surface area contributed by atoms with Crippen molar-refractivity contribution >= 4 is 44.9 Å². The van der Waals surface area contributed by atoms with Crippen molar-refractivity contribution in [3.8, 4) is 5.75 Å². The van der Waals surface area contributed by atoms with Gasteiger partial charge >= 0.3 is 6.09 Å². The van der Waals surface area contributed by atoms with E-state index in [2.05, 4.69) is 38.7 Å². The van der Waals surface area contributed by atoms with Crippen molar-refractivity contribution in [2.45, 2.75) is 58.2 Å². The van der Waals surface area contributed by atoms with E-state index in [4.69, 9.17) is 19.9 Å². The van der Waals surface area contributed by atoms with Crippen LogP contribution in [0.1, 0.15) is 48.1 Å². The molecule has 10 nitrogen and oxygen atoms in total. The van der Waals surface area contributed by atoms with Gasteiger partial charge < -0.3 is 35.5 Å². The number of rotatable bonds is 4. The van der Waals surface area contributed by atoms with Gasteiger partial charge in [0, 0.05) is 47.9 Å². The summed E-state index contributed by atoms with van der Waals surface area (Å²) in [5.74, 6) is 0.607. The van der Waals surface area contributed by atoms with Gasteiger partial charge in [0.25, 0.3) is 5.91 Å². The molecular formula is C30H37N5O5S. The number of thiophene rings is 1. The molecule has 4 N–H and O–H groups in total. The quantitative estimate of drug-likeness (QED) is 0.423. The van der Waals surface area contributed by atoms with E-state index in [9.17, 15) is 9.59 Å². The Hall–Kier alpha value is -3.57. The highest BCUT2D eigenvalue weighted by Crippen LogP contribution is 2.42. The Balaban J connectivity index is 1.13. The number of nitrogens with two attached hydrogens (primary N) is 1. The van der Waals surface area contributed by atoms with E-state index in [-0.39, 0.29) is 23.4 Å². The number of carbonyl (C=O) groups is 2. The average molecular weight is 580 g/mol. The van der Waals surface area contributed by atoms with Gasteiger partial charge in [0.05, 0.1) is 24.4 Å². The summed E-state index contributed by atoms with van der Waals surface area (Å²) in [6.45, 7) is 10.6. The summed E-state index contributed by atoms with van der Waals surface area (Å²) in [7, 11) is 0. The molecule has 41 heavy (non-hydrogen) atoms. The van der Waals surface area contributed by atoms with Crippen LogP contribution in [-0.4, -0.2) is 67.6 Å². The van der Waals surface area contributed by atoms with E-state index in [0.29, 0.717) is 43.4 Å². The zero-order valence-electron chi connectivity index (χ0n) is 23.9. The smallest absolute Gasteiger partial charge is 0.407 e. The zero-order valence-corrected chi connectivity index (χ0v) is 24.7. The number of fused-ring (bicyclic) bond motifs is 2. The van der Waals surface area contributed by atoms with E-state index in [1.807, 2.05) is 39.8 Å². The molecule has 3 atom stereocenters. The fourth-order valence-electron chi connectivity index (χ4n) is 6.00. The number of hydrogen-bond acceptors (Lipinski definition) is 9. The predicted octanol–water partition coefficient (Wildman–Crippen LogP) is 4.04. The molecule has 6 rings (SSSR count). The van der Waals surface area contributed by atoms with Crippen molar-refractivity contribution in [2.75, 3.05) is 43.5 Å². The Labute approximate surface area is 243 Å². The maximum Gasteiger partial charge on any atom is 0.407 e. The van der Waals surface area contributed by atoms with E-state index >= 15 is 0 Å². The Morgan fingerprint density at radius 1 is 1.22 bits per heavy atom. The van der Waals surface area contributed by atoms with Gasteiger partial charge in [-0.2, -0.15) is 0 Å². The van der Waals surface area contributed by atoms with Crippen LogP contribution in [-0.2, 0) is 15.9 Å². The van der Waals surface area contributed by atoms with Crippen LogP contribution in [0.5, 0.6) is 5.75 Å². The summed E-state index contributed by atoms with van der Waals surface area (Å²) in [6.07, 6.45) is 1.14. The molecule has 0 unspecified atom stereocenters. The SMILES string of the molecule is Cc1ccc2c(N)c(C(=O)N[C@H]3COc4cc(N5C[C@@H](NC(=O)OC(C)(C)C)[C@]6(CCOC6)C5)ccc4C3)sc2n1. The third-order valence-electron chi connectivity index (χ3n) is 8.07. The van der Waals surface area contributed by atoms with Gasteiger partial charge in [0.1, 0.15) is 27.7 Å². The normalized spacial score (nSPS) is 23.9. The molecule has 0 radical (unpaired) electrons. The van der Waals surface area contributed by atoms with Gasteiger partial charge in [-0.05, 0) is 64.3 Å². The molecule has 11 heteroatoms. The summed E-state index contributed by atoms with van der Waals surface area (Å²) in [6, 6.07) is 9.76. The average Bonchev–Trinajstić information content (AvgIpc) is 3.61. The lowest BCUT2D eigenvalue weighted by atomic mass is 9.82. The molecule has 1 aromatic carbocycles. The number of ether oxygens (including phenoxy) is 3. The lowest BCUT2D eigenvalue weighted by Crippen LogP contribution is -2.49.